The van der Waals surface area contributed by atoms with Gasteiger partial charge in [0.25, 0.3) is 0 Å². The molecule has 0 aliphatic heterocycles. The maximum Gasteiger partial charge on any atom is 0.342 e. The average molecular weight is 517 g/mol. The van der Waals surface area contributed by atoms with Crippen molar-refractivity contribution in [3.05, 3.63) is 87.8 Å². The van der Waals surface area contributed by atoms with Crippen molar-refractivity contribution < 1.29 is 14.6 Å². The van der Waals surface area contributed by atoms with Gasteiger partial charge in [-0.05, 0) is 54.1 Å². The summed E-state index contributed by atoms with van der Waals surface area (Å²) in [4.78, 5) is 20.4. The Morgan fingerprint density at radius 1 is 1.11 bits per heavy atom. The van der Waals surface area contributed by atoms with Crippen molar-refractivity contribution in [1.82, 2.24) is 20.2 Å². The molecule has 0 fully saturated rings. The van der Waals surface area contributed by atoms with Crippen LogP contribution in [0.5, 0.6) is 5.75 Å². The van der Waals surface area contributed by atoms with Crippen LogP contribution in [-0.2, 0) is 4.79 Å². The van der Waals surface area contributed by atoms with Gasteiger partial charge >= 0.3 is 5.97 Å². The molecule has 0 atom stereocenters. The highest BCUT2D eigenvalue weighted by Gasteiger charge is 2.19. The van der Waals surface area contributed by atoms with Gasteiger partial charge in [0.1, 0.15) is 10.7 Å². The number of H-pyrrole nitrogens is 2. The fourth-order valence-corrected chi connectivity index (χ4v) is 4.87. The van der Waals surface area contributed by atoms with Crippen molar-refractivity contribution >= 4 is 46.3 Å². The molecule has 0 aliphatic carbocycles. The highest BCUT2D eigenvalue weighted by molar-refractivity contribution is 8.04. The van der Waals surface area contributed by atoms with Gasteiger partial charge in [-0.2, -0.15) is 0 Å². The fourth-order valence-electron chi connectivity index (χ4n) is 4.01. The second-order valence-electron chi connectivity index (χ2n) is 8.00. The first-order valence-electron chi connectivity index (χ1n) is 11.0. The van der Waals surface area contributed by atoms with E-state index in [1.165, 1.54) is 0 Å². The molecule has 0 aliphatic rings. The van der Waals surface area contributed by atoms with Crippen LogP contribution < -0.4 is 4.74 Å². The van der Waals surface area contributed by atoms with E-state index < -0.39 is 5.97 Å². The number of benzene rings is 3. The molecular formula is C27H21ClN4O3S. The van der Waals surface area contributed by atoms with Crippen molar-refractivity contribution in [3.8, 4) is 28.4 Å². The molecule has 5 aromatic rings. The third kappa shape index (κ3) is 4.60. The number of aliphatic carboxylic acids is 1. The fraction of sp³-hybridized carbons (Fsp3) is 0.0741. The minimum atomic E-state index is -1.08. The Morgan fingerprint density at radius 3 is 2.67 bits per heavy atom. The van der Waals surface area contributed by atoms with Crippen molar-refractivity contribution in [2.24, 2.45) is 0 Å². The summed E-state index contributed by atoms with van der Waals surface area (Å²) in [5.41, 5.74) is 5.26. The van der Waals surface area contributed by atoms with Crippen LogP contribution in [0.25, 0.3) is 39.6 Å². The Labute approximate surface area is 216 Å². The van der Waals surface area contributed by atoms with E-state index in [0.717, 1.165) is 45.0 Å². The number of hydrogen-bond acceptors (Lipinski definition) is 5. The lowest BCUT2D eigenvalue weighted by Crippen LogP contribution is -1.97. The number of carboxylic acid groups (broad SMARTS) is 1. The monoisotopic (exact) mass is 516 g/mol. The van der Waals surface area contributed by atoms with E-state index in [2.05, 4.69) is 20.2 Å². The Kier molecular flexibility index (Phi) is 6.54. The summed E-state index contributed by atoms with van der Waals surface area (Å²) in [6, 6.07) is 21.0. The second-order valence-corrected chi connectivity index (χ2v) is 9.45. The lowest BCUT2D eigenvalue weighted by atomic mass is 10.0. The molecule has 0 saturated carbocycles. The molecule has 0 unspecified atom stereocenters. The van der Waals surface area contributed by atoms with Gasteiger partial charge in [-0.15, -0.1) is 5.10 Å². The molecule has 0 spiro atoms. The van der Waals surface area contributed by atoms with E-state index in [4.69, 9.17) is 16.3 Å². The van der Waals surface area contributed by atoms with Crippen LogP contribution in [0.4, 0.5) is 0 Å². The third-order valence-corrected chi connectivity index (χ3v) is 6.83. The zero-order valence-electron chi connectivity index (χ0n) is 19.4. The molecule has 2 heterocycles. The number of carbonyl (C=O) groups is 1. The van der Waals surface area contributed by atoms with Gasteiger partial charge in [-0.3, -0.25) is 5.10 Å². The number of halogens is 1. The standard InChI is InChI=1S/C27H21ClN4O3S/c1-15-7-6-10-18-19(24(29-23(15)18)16-8-4-3-5-9-16)14-22(26(33)34)36-27-30-25(31-32-27)20-13-17(28)11-12-21(20)35-2/h3-14,29H,1-2H3,(H,33,34)(H,30,31,32)/b22-14-. The number of hydrogen-bond donors (Lipinski definition) is 3. The maximum absolute atomic E-state index is 12.3. The first-order valence-corrected chi connectivity index (χ1v) is 12.2. The Morgan fingerprint density at radius 2 is 1.92 bits per heavy atom. The van der Waals surface area contributed by atoms with Crippen LogP contribution in [0.2, 0.25) is 5.02 Å². The number of thioether (sulfide) groups is 1. The smallest absolute Gasteiger partial charge is 0.342 e. The number of nitrogens with one attached hydrogen (secondary N) is 2. The van der Waals surface area contributed by atoms with Crippen LogP contribution >= 0.6 is 23.4 Å². The van der Waals surface area contributed by atoms with Crippen LogP contribution in [0.15, 0.2) is 76.8 Å². The van der Waals surface area contributed by atoms with E-state index in [0.29, 0.717) is 22.2 Å². The summed E-state index contributed by atoms with van der Waals surface area (Å²) in [5, 5.41) is 18.9. The SMILES string of the molecule is COc1ccc(Cl)cc1-c1nc(S/C(=C\c2c(-c3ccccc3)[nH]c3c(C)cccc23)C(=O)O)n[nH]1. The number of nitrogens with zero attached hydrogens (tertiary/aromatic N) is 2. The molecule has 7 nitrogen and oxygen atoms in total. The van der Waals surface area contributed by atoms with E-state index >= 15 is 0 Å². The summed E-state index contributed by atoms with van der Waals surface area (Å²) < 4.78 is 5.40. The minimum absolute atomic E-state index is 0.0817. The number of fused-ring (bicyclic) bond motifs is 1. The molecule has 0 saturated heterocycles. The number of rotatable bonds is 7. The van der Waals surface area contributed by atoms with Crippen molar-refractivity contribution in [2.75, 3.05) is 7.11 Å². The predicted molar refractivity (Wildman–Crippen MR) is 143 cm³/mol. The second kappa shape index (κ2) is 9.93. The molecule has 180 valence electrons. The normalized spacial score (nSPS) is 11.7. The molecule has 2 aromatic heterocycles. The van der Waals surface area contributed by atoms with Gasteiger partial charge in [0.2, 0.25) is 5.16 Å². The number of aromatic amines is 2. The zero-order chi connectivity index (χ0) is 25.2. The number of aromatic nitrogens is 4. The molecule has 0 amide bonds. The highest BCUT2D eigenvalue weighted by atomic mass is 35.5. The Balaban J connectivity index is 1.58. The first-order chi connectivity index (χ1) is 17.4. The summed E-state index contributed by atoms with van der Waals surface area (Å²) in [7, 11) is 1.55. The van der Waals surface area contributed by atoms with E-state index in [1.807, 2.05) is 55.5 Å². The lowest BCUT2D eigenvalue weighted by molar-refractivity contribution is -0.131. The molecule has 0 radical (unpaired) electrons. The number of methoxy groups -OCH3 is 1. The number of aryl methyl sites for hydroxylation is 1. The van der Waals surface area contributed by atoms with Gasteiger partial charge in [0.15, 0.2) is 5.82 Å². The third-order valence-electron chi connectivity index (χ3n) is 5.71. The van der Waals surface area contributed by atoms with E-state index in [1.54, 1.807) is 31.4 Å². The van der Waals surface area contributed by atoms with Crippen LogP contribution in [-0.4, -0.2) is 38.4 Å². The summed E-state index contributed by atoms with van der Waals surface area (Å²) >= 11 is 7.11. The molecule has 0 bridgehead atoms. The topological polar surface area (TPSA) is 104 Å². The first kappa shape index (κ1) is 23.7. The summed E-state index contributed by atoms with van der Waals surface area (Å²) in [6.45, 7) is 2.02. The number of carboxylic acids is 1. The lowest BCUT2D eigenvalue weighted by Gasteiger charge is -2.05. The molecular weight excluding hydrogens is 496 g/mol. The highest BCUT2D eigenvalue weighted by Crippen LogP contribution is 2.37. The maximum atomic E-state index is 12.3. The van der Waals surface area contributed by atoms with Crippen molar-refractivity contribution in [2.45, 2.75) is 12.1 Å². The van der Waals surface area contributed by atoms with Gasteiger partial charge in [0.05, 0.1) is 18.4 Å². The van der Waals surface area contributed by atoms with Crippen LogP contribution in [0.1, 0.15) is 11.1 Å². The molecule has 3 N–H and O–H groups in total. The Hall–Kier alpha value is -4.01. The zero-order valence-corrected chi connectivity index (χ0v) is 20.9. The average Bonchev–Trinajstić information content (AvgIpc) is 3.50. The molecule has 3 aromatic carbocycles. The van der Waals surface area contributed by atoms with Gasteiger partial charge in [-0.1, -0.05) is 60.1 Å². The van der Waals surface area contributed by atoms with Crippen molar-refractivity contribution in [3.63, 3.8) is 0 Å². The van der Waals surface area contributed by atoms with Gasteiger partial charge < -0.3 is 14.8 Å². The Bertz CT molecular complexity index is 1610. The molecule has 36 heavy (non-hydrogen) atoms. The number of ether oxygens (including phenoxy) is 1. The minimum Gasteiger partial charge on any atom is -0.496 e. The molecule has 9 heteroatoms. The van der Waals surface area contributed by atoms with E-state index in [9.17, 15) is 9.90 Å². The summed E-state index contributed by atoms with van der Waals surface area (Å²) in [6.07, 6.45) is 1.67. The number of para-hydroxylation sites is 1. The summed E-state index contributed by atoms with van der Waals surface area (Å²) in [5.74, 6) is -0.0789. The van der Waals surface area contributed by atoms with Crippen molar-refractivity contribution in [1.29, 1.82) is 0 Å². The van der Waals surface area contributed by atoms with Gasteiger partial charge in [0, 0.05) is 21.5 Å². The van der Waals surface area contributed by atoms with Crippen LogP contribution in [0, 0.1) is 6.92 Å². The van der Waals surface area contributed by atoms with Crippen LogP contribution in [0.3, 0.4) is 0 Å². The predicted octanol–water partition coefficient (Wildman–Crippen LogP) is 6.81. The molecule has 5 rings (SSSR count). The largest absolute Gasteiger partial charge is 0.496 e. The van der Waals surface area contributed by atoms with E-state index in [-0.39, 0.29) is 10.1 Å². The quantitative estimate of drug-likeness (QED) is 0.162. The van der Waals surface area contributed by atoms with Gasteiger partial charge in [-0.25, -0.2) is 9.78 Å².